The molecule has 2 aromatic rings. The van der Waals surface area contributed by atoms with Crippen molar-refractivity contribution in [3.8, 4) is 0 Å². The Kier molecular flexibility index (Phi) is 2.90. The molecule has 3 nitrogen and oxygen atoms in total. The van der Waals surface area contributed by atoms with E-state index in [0.29, 0.717) is 6.04 Å². The molecule has 1 aromatic carbocycles. The summed E-state index contributed by atoms with van der Waals surface area (Å²) < 4.78 is 1.19. The summed E-state index contributed by atoms with van der Waals surface area (Å²) in [6, 6.07) is 4.82. The van der Waals surface area contributed by atoms with Crippen LogP contribution in [0.5, 0.6) is 0 Å². The first-order chi connectivity index (χ1) is 8.65. The van der Waals surface area contributed by atoms with Gasteiger partial charge < -0.3 is 10.6 Å². The predicted molar refractivity (Wildman–Crippen MR) is 79.4 cm³/mol. The lowest BCUT2D eigenvalue weighted by atomic mass is 10.0. The van der Waals surface area contributed by atoms with Crippen LogP contribution >= 0.6 is 11.3 Å². The third-order valence-corrected chi connectivity index (χ3v) is 4.69. The van der Waals surface area contributed by atoms with Crippen LogP contribution in [0.25, 0.3) is 10.2 Å². The molecule has 18 heavy (non-hydrogen) atoms. The summed E-state index contributed by atoms with van der Waals surface area (Å²) in [5, 5.41) is 1.10. The normalized spacial score (nSPS) is 20.6. The lowest BCUT2D eigenvalue weighted by Crippen LogP contribution is -2.37. The number of rotatable bonds is 1. The highest BCUT2D eigenvalue weighted by Gasteiger charge is 2.21. The molecule has 1 saturated heterocycles. The molecule has 4 heteroatoms. The molecule has 0 saturated carbocycles. The molecule has 1 atom stereocenters. The van der Waals surface area contributed by atoms with Gasteiger partial charge in [0.25, 0.3) is 0 Å². The second-order valence-electron chi connectivity index (χ2n) is 5.15. The summed E-state index contributed by atoms with van der Waals surface area (Å²) in [4.78, 5) is 7.01. The van der Waals surface area contributed by atoms with Crippen molar-refractivity contribution in [3.05, 3.63) is 17.1 Å². The average Bonchev–Trinajstić information content (AvgIpc) is 2.68. The standard InChI is InChI=1S/C14H19N3S/c1-9-5-3-4-6-17(9)13-8-12-14(7-11(13)15)18-10(2)16-12/h7-9H,3-6,15H2,1-2H3. The lowest BCUT2D eigenvalue weighted by Gasteiger charge is -2.36. The first-order valence-corrected chi connectivity index (χ1v) is 7.40. The van der Waals surface area contributed by atoms with E-state index in [9.17, 15) is 0 Å². The number of fused-ring (bicyclic) bond motifs is 1. The molecule has 2 N–H and O–H groups in total. The van der Waals surface area contributed by atoms with Crippen molar-refractivity contribution >= 4 is 32.9 Å². The van der Waals surface area contributed by atoms with E-state index < -0.39 is 0 Å². The zero-order chi connectivity index (χ0) is 12.7. The van der Waals surface area contributed by atoms with Crippen LogP contribution in [0, 0.1) is 6.92 Å². The van der Waals surface area contributed by atoms with E-state index in [4.69, 9.17) is 5.73 Å². The quantitative estimate of drug-likeness (QED) is 0.798. The Morgan fingerprint density at radius 3 is 3.00 bits per heavy atom. The van der Waals surface area contributed by atoms with Gasteiger partial charge in [-0.05, 0) is 45.2 Å². The number of hydrogen-bond donors (Lipinski definition) is 1. The fourth-order valence-corrected chi connectivity index (χ4v) is 3.66. The van der Waals surface area contributed by atoms with Gasteiger partial charge in [0.15, 0.2) is 0 Å². The molecule has 0 spiro atoms. The summed E-state index contributed by atoms with van der Waals surface area (Å²) in [6.45, 7) is 5.44. The Morgan fingerprint density at radius 1 is 1.39 bits per heavy atom. The minimum Gasteiger partial charge on any atom is -0.397 e. The van der Waals surface area contributed by atoms with Crippen molar-refractivity contribution in [2.75, 3.05) is 17.2 Å². The molecular weight excluding hydrogens is 242 g/mol. The van der Waals surface area contributed by atoms with Crippen molar-refractivity contribution < 1.29 is 0 Å². The van der Waals surface area contributed by atoms with Crippen LogP contribution in [0.15, 0.2) is 12.1 Å². The van der Waals surface area contributed by atoms with E-state index in [1.165, 1.54) is 29.6 Å². The molecule has 1 fully saturated rings. The predicted octanol–water partition coefficient (Wildman–Crippen LogP) is 3.57. The van der Waals surface area contributed by atoms with E-state index in [2.05, 4.69) is 28.9 Å². The second kappa shape index (κ2) is 4.43. The zero-order valence-electron chi connectivity index (χ0n) is 10.9. The van der Waals surface area contributed by atoms with Crippen LogP contribution in [0.3, 0.4) is 0 Å². The van der Waals surface area contributed by atoms with Crippen molar-refractivity contribution in [1.82, 2.24) is 4.98 Å². The Balaban J connectivity index is 2.07. The Morgan fingerprint density at radius 2 is 2.22 bits per heavy atom. The van der Waals surface area contributed by atoms with Crippen LogP contribution < -0.4 is 10.6 Å². The largest absolute Gasteiger partial charge is 0.397 e. The number of benzene rings is 1. The molecule has 3 rings (SSSR count). The van der Waals surface area contributed by atoms with Gasteiger partial charge in [0.2, 0.25) is 0 Å². The maximum absolute atomic E-state index is 6.23. The first kappa shape index (κ1) is 11.8. The van der Waals surface area contributed by atoms with E-state index in [1.807, 2.05) is 6.92 Å². The molecule has 1 aliphatic heterocycles. The monoisotopic (exact) mass is 261 g/mol. The number of thiazole rings is 1. The molecule has 1 unspecified atom stereocenters. The van der Waals surface area contributed by atoms with Crippen molar-refractivity contribution in [2.45, 2.75) is 39.2 Å². The summed E-state index contributed by atoms with van der Waals surface area (Å²) in [7, 11) is 0. The molecule has 0 aliphatic carbocycles. The summed E-state index contributed by atoms with van der Waals surface area (Å²) in [6.07, 6.45) is 3.85. The maximum atomic E-state index is 6.23. The van der Waals surface area contributed by atoms with Gasteiger partial charge in [-0.2, -0.15) is 0 Å². The van der Waals surface area contributed by atoms with Gasteiger partial charge in [-0.1, -0.05) is 0 Å². The SMILES string of the molecule is Cc1nc2cc(N3CCCCC3C)c(N)cc2s1. The molecule has 96 valence electrons. The van der Waals surface area contributed by atoms with E-state index in [-0.39, 0.29) is 0 Å². The number of nitrogen functional groups attached to an aromatic ring is 1. The Hall–Kier alpha value is -1.29. The van der Waals surface area contributed by atoms with E-state index in [0.717, 1.165) is 22.8 Å². The lowest BCUT2D eigenvalue weighted by molar-refractivity contribution is 0.485. The van der Waals surface area contributed by atoms with Gasteiger partial charge in [0.05, 0.1) is 26.6 Å². The van der Waals surface area contributed by atoms with Gasteiger partial charge in [-0.15, -0.1) is 11.3 Å². The molecule has 0 bridgehead atoms. The third-order valence-electron chi connectivity index (χ3n) is 3.76. The van der Waals surface area contributed by atoms with Crippen LogP contribution in [0.4, 0.5) is 11.4 Å². The van der Waals surface area contributed by atoms with E-state index in [1.54, 1.807) is 11.3 Å². The van der Waals surface area contributed by atoms with Gasteiger partial charge >= 0.3 is 0 Å². The minimum atomic E-state index is 0.582. The van der Waals surface area contributed by atoms with Crippen molar-refractivity contribution in [3.63, 3.8) is 0 Å². The molecule has 1 aromatic heterocycles. The molecule has 1 aliphatic rings. The molecule has 2 heterocycles. The first-order valence-electron chi connectivity index (χ1n) is 6.58. The minimum absolute atomic E-state index is 0.582. The third kappa shape index (κ3) is 1.94. The Labute approximate surface area is 112 Å². The van der Waals surface area contributed by atoms with Crippen molar-refractivity contribution in [1.29, 1.82) is 0 Å². The summed E-state index contributed by atoms with van der Waals surface area (Å²) in [5.41, 5.74) is 9.36. The second-order valence-corrected chi connectivity index (χ2v) is 6.38. The topological polar surface area (TPSA) is 42.2 Å². The van der Waals surface area contributed by atoms with Crippen LogP contribution in [-0.4, -0.2) is 17.6 Å². The highest BCUT2D eigenvalue weighted by atomic mass is 32.1. The molecule has 0 amide bonds. The maximum Gasteiger partial charge on any atom is 0.0907 e. The summed E-state index contributed by atoms with van der Waals surface area (Å²) in [5.74, 6) is 0. The Bertz CT molecular complexity index is 576. The van der Waals surface area contributed by atoms with Gasteiger partial charge in [0.1, 0.15) is 0 Å². The molecular formula is C14H19N3S. The number of aryl methyl sites for hydroxylation is 1. The van der Waals surface area contributed by atoms with Crippen LogP contribution in [0.1, 0.15) is 31.2 Å². The van der Waals surface area contributed by atoms with Gasteiger partial charge in [-0.25, -0.2) is 4.98 Å². The average molecular weight is 261 g/mol. The van der Waals surface area contributed by atoms with Crippen molar-refractivity contribution in [2.24, 2.45) is 0 Å². The fourth-order valence-electron chi connectivity index (χ4n) is 2.80. The van der Waals surface area contributed by atoms with Gasteiger partial charge in [-0.3, -0.25) is 0 Å². The van der Waals surface area contributed by atoms with Gasteiger partial charge in [0, 0.05) is 12.6 Å². The number of nitrogens with zero attached hydrogens (tertiary/aromatic N) is 2. The number of hydrogen-bond acceptors (Lipinski definition) is 4. The number of anilines is 2. The smallest absolute Gasteiger partial charge is 0.0907 e. The number of piperidine rings is 1. The highest BCUT2D eigenvalue weighted by molar-refractivity contribution is 7.18. The van der Waals surface area contributed by atoms with Crippen LogP contribution in [0.2, 0.25) is 0 Å². The number of nitrogens with two attached hydrogens (primary N) is 1. The fraction of sp³-hybridized carbons (Fsp3) is 0.500. The highest BCUT2D eigenvalue weighted by Crippen LogP contribution is 2.34. The van der Waals surface area contributed by atoms with E-state index >= 15 is 0 Å². The number of aromatic nitrogens is 1. The van der Waals surface area contributed by atoms with Crippen LogP contribution in [-0.2, 0) is 0 Å². The zero-order valence-corrected chi connectivity index (χ0v) is 11.8. The molecule has 0 radical (unpaired) electrons. The summed E-state index contributed by atoms with van der Waals surface area (Å²) >= 11 is 1.71.